The van der Waals surface area contributed by atoms with E-state index < -0.39 is 29.9 Å². The topological polar surface area (TPSA) is 66.0 Å². The Bertz CT molecular complexity index is 950. The van der Waals surface area contributed by atoms with E-state index >= 15 is 0 Å². The Morgan fingerprint density at radius 1 is 1.15 bits per heavy atom. The molecule has 27 heavy (non-hydrogen) atoms. The van der Waals surface area contributed by atoms with E-state index in [4.69, 9.17) is 22.1 Å². The minimum absolute atomic E-state index is 0.136. The second-order valence-corrected chi connectivity index (χ2v) is 5.94. The predicted octanol–water partition coefficient (Wildman–Crippen LogP) is 4.22. The molecule has 0 saturated carbocycles. The highest BCUT2D eigenvalue weighted by Crippen LogP contribution is 2.28. The Balaban J connectivity index is 1.81. The standard InChI is InChI=1S/C17H13ClF4N4O/c18-11-3-1-9(5-14(11)26-17(16(21)22)24-8-25-26)13(23)7-27-15-4-2-10(19)6-12(15)20/h1-6,8,13,16H,7,23H2/t13-/m1/s1. The molecule has 1 aromatic heterocycles. The van der Waals surface area contributed by atoms with Crippen LogP contribution in [0.4, 0.5) is 17.6 Å². The zero-order chi connectivity index (χ0) is 19.6. The first-order chi connectivity index (χ1) is 12.9. The molecule has 3 aromatic rings. The summed E-state index contributed by atoms with van der Waals surface area (Å²) in [5.74, 6) is -2.30. The van der Waals surface area contributed by atoms with E-state index in [-0.39, 0.29) is 23.1 Å². The lowest BCUT2D eigenvalue weighted by molar-refractivity contribution is 0.137. The number of ether oxygens (including phenoxy) is 1. The number of rotatable bonds is 6. The first-order valence-electron chi connectivity index (χ1n) is 7.68. The lowest BCUT2D eigenvalue weighted by Gasteiger charge is -2.16. The molecule has 10 heteroatoms. The van der Waals surface area contributed by atoms with E-state index in [1.165, 1.54) is 12.1 Å². The van der Waals surface area contributed by atoms with Crippen LogP contribution >= 0.6 is 11.6 Å². The Morgan fingerprint density at radius 3 is 2.63 bits per heavy atom. The molecule has 0 aliphatic carbocycles. The van der Waals surface area contributed by atoms with Crippen molar-refractivity contribution < 1.29 is 22.3 Å². The molecule has 0 fully saturated rings. The third-order valence-corrected chi connectivity index (χ3v) is 4.03. The summed E-state index contributed by atoms with van der Waals surface area (Å²) in [6, 6.07) is 6.69. The quantitative estimate of drug-likeness (QED) is 0.629. The van der Waals surface area contributed by atoms with E-state index in [2.05, 4.69) is 10.1 Å². The van der Waals surface area contributed by atoms with E-state index in [0.717, 1.165) is 23.1 Å². The van der Waals surface area contributed by atoms with Gasteiger partial charge >= 0.3 is 0 Å². The van der Waals surface area contributed by atoms with Crippen LogP contribution in [0, 0.1) is 11.6 Å². The molecule has 2 N–H and O–H groups in total. The maximum atomic E-state index is 13.6. The molecule has 0 amide bonds. The SMILES string of the molecule is N[C@H](COc1ccc(F)cc1F)c1ccc(Cl)c(-n2ncnc2C(F)F)c1. The number of halogens is 5. The summed E-state index contributed by atoms with van der Waals surface area (Å²) in [4.78, 5) is 3.52. The second-order valence-electron chi connectivity index (χ2n) is 5.53. The van der Waals surface area contributed by atoms with E-state index in [0.29, 0.717) is 11.6 Å². The number of nitrogens with two attached hydrogens (primary N) is 1. The minimum Gasteiger partial charge on any atom is -0.489 e. The number of aromatic nitrogens is 3. The van der Waals surface area contributed by atoms with Crippen molar-refractivity contribution >= 4 is 11.6 Å². The number of benzene rings is 2. The number of alkyl halides is 2. The van der Waals surface area contributed by atoms with E-state index in [1.807, 2.05) is 0 Å². The van der Waals surface area contributed by atoms with Crippen molar-refractivity contribution in [3.63, 3.8) is 0 Å². The Labute approximate surface area is 156 Å². The van der Waals surface area contributed by atoms with Crippen LogP contribution in [0.2, 0.25) is 5.02 Å². The van der Waals surface area contributed by atoms with Crippen molar-refractivity contribution in [1.82, 2.24) is 14.8 Å². The van der Waals surface area contributed by atoms with Crippen LogP contribution in [-0.2, 0) is 0 Å². The minimum atomic E-state index is -2.84. The van der Waals surface area contributed by atoms with Crippen molar-refractivity contribution in [2.24, 2.45) is 5.73 Å². The van der Waals surface area contributed by atoms with Crippen LogP contribution in [0.5, 0.6) is 5.75 Å². The van der Waals surface area contributed by atoms with Crippen molar-refractivity contribution in [3.8, 4) is 11.4 Å². The Kier molecular flexibility index (Phi) is 5.62. The molecular formula is C17H13ClF4N4O. The van der Waals surface area contributed by atoms with Gasteiger partial charge in [-0.3, -0.25) is 0 Å². The van der Waals surface area contributed by atoms with Gasteiger partial charge in [-0.25, -0.2) is 27.2 Å². The zero-order valence-electron chi connectivity index (χ0n) is 13.6. The molecule has 0 aliphatic rings. The van der Waals surface area contributed by atoms with Gasteiger partial charge in [0, 0.05) is 6.07 Å². The van der Waals surface area contributed by atoms with Crippen LogP contribution in [0.15, 0.2) is 42.7 Å². The van der Waals surface area contributed by atoms with Crippen LogP contribution in [0.25, 0.3) is 5.69 Å². The normalized spacial score (nSPS) is 12.4. The molecule has 3 rings (SSSR count). The van der Waals surface area contributed by atoms with Gasteiger partial charge in [0.05, 0.1) is 16.8 Å². The molecule has 5 nitrogen and oxygen atoms in total. The summed E-state index contributed by atoms with van der Waals surface area (Å²) in [6.45, 7) is -0.136. The highest BCUT2D eigenvalue weighted by Gasteiger charge is 2.20. The number of hydrogen-bond acceptors (Lipinski definition) is 4. The molecule has 1 atom stereocenters. The largest absolute Gasteiger partial charge is 0.489 e. The molecular weight excluding hydrogens is 388 g/mol. The van der Waals surface area contributed by atoms with Crippen molar-refractivity contribution in [2.45, 2.75) is 12.5 Å². The summed E-state index contributed by atoms with van der Waals surface area (Å²) in [5, 5.41) is 3.94. The summed E-state index contributed by atoms with van der Waals surface area (Å²) in [5.41, 5.74) is 6.70. The molecule has 1 heterocycles. The van der Waals surface area contributed by atoms with Gasteiger partial charge in [0.2, 0.25) is 0 Å². The van der Waals surface area contributed by atoms with Gasteiger partial charge in [0.1, 0.15) is 18.8 Å². The summed E-state index contributed by atoms with van der Waals surface area (Å²) in [6.07, 6.45) is -1.85. The molecule has 0 unspecified atom stereocenters. The Hall–Kier alpha value is -2.65. The molecule has 2 aromatic carbocycles. The van der Waals surface area contributed by atoms with Gasteiger partial charge < -0.3 is 10.5 Å². The smallest absolute Gasteiger partial charge is 0.297 e. The first-order valence-corrected chi connectivity index (χ1v) is 8.06. The fourth-order valence-electron chi connectivity index (χ4n) is 2.38. The van der Waals surface area contributed by atoms with Gasteiger partial charge in [-0.1, -0.05) is 17.7 Å². The lowest BCUT2D eigenvalue weighted by atomic mass is 10.1. The fourth-order valence-corrected chi connectivity index (χ4v) is 2.57. The van der Waals surface area contributed by atoms with Crippen molar-refractivity contribution in [2.75, 3.05) is 6.61 Å². The summed E-state index contributed by atoms with van der Waals surface area (Å²) in [7, 11) is 0. The molecule has 0 spiro atoms. The third kappa shape index (κ3) is 4.20. The van der Waals surface area contributed by atoms with Gasteiger partial charge in [-0.05, 0) is 29.8 Å². The van der Waals surface area contributed by atoms with Gasteiger partial charge in [-0.2, -0.15) is 5.10 Å². The average molecular weight is 401 g/mol. The average Bonchev–Trinajstić information content (AvgIpc) is 3.11. The van der Waals surface area contributed by atoms with Gasteiger partial charge in [0.15, 0.2) is 17.4 Å². The van der Waals surface area contributed by atoms with Crippen LogP contribution < -0.4 is 10.5 Å². The zero-order valence-corrected chi connectivity index (χ0v) is 14.4. The van der Waals surface area contributed by atoms with E-state index in [1.54, 1.807) is 6.07 Å². The molecule has 0 bridgehead atoms. The fraction of sp³-hybridized carbons (Fsp3) is 0.176. The van der Waals surface area contributed by atoms with Crippen LogP contribution in [0.3, 0.4) is 0 Å². The van der Waals surface area contributed by atoms with Gasteiger partial charge in [-0.15, -0.1) is 0 Å². The van der Waals surface area contributed by atoms with Gasteiger partial charge in [0.25, 0.3) is 6.43 Å². The second kappa shape index (κ2) is 7.93. The van der Waals surface area contributed by atoms with E-state index in [9.17, 15) is 17.6 Å². The lowest BCUT2D eigenvalue weighted by Crippen LogP contribution is -2.20. The molecule has 0 saturated heterocycles. The maximum Gasteiger partial charge on any atom is 0.297 e. The van der Waals surface area contributed by atoms with Crippen LogP contribution in [-0.4, -0.2) is 21.4 Å². The number of nitrogens with zero attached hydrogens (tertiary/aromatic N) is 3. The van der Waals surface area contributed by atoms with Crippen molar-refractivity contribution in [1.29, 1.82) is 0 Å². The Morgan fingerprint density at radius 2 is 1.93 bits per heavy atom. The monoisotopic (exact) mass is 400 g/mol. The highest BCUT2D eigenvalue weighted by molar-refractivity contribution is 6.32. The molecule has 0 aliphatic heterocycles. The third-order valence-electron chi connectivity index (χ3n) is 3.71. The summed E-state index contributed by atoms with van der Waals surface area (Å²) >= 11 is 6.09. The van der Waals surface area contributed by atoms with Crippen molar-refractivity contribution in [3.05, 3.63) is 70.8 Å². The maximum absolute atomic E-state index is 13.6. The molecule has 142 valence electrons. The van der Waals surface area contributed by atoms with Crippen LogP contribution in [0.1, 0.15) is 23.9 Å². The predicted molar refractivity (Wildman–Crippen MR) is 90.1 cm³/mol. The summed E-state index contributed by atoms with van der Waals surface area (Å²) < 4.78 is 58.8. The number of hydrogen-bond donors (Lipinski definition) is 1. The first kappa shape index (κ1) is 19.1. The molecule has 0 radical (unpaired) electrons. The highest BCUT2D eigenvalue weighted by atomic mass is 35.5.